The van der Waals surface area contributed by atoms with Crippen molar-refractivity contribution in [2.75, 3.05) is 11.6 Å². The van der Waals surface area contributed by atoms with Gasteiger partial charge in [-0.05, 0) is 12.7 Å². The van der Waals surface area contributed by atoms with E-state index in [0.29, 0.717) is 5.82 Å². The number of anilines is 1. The number of aromatic amines is 1. The van der Waals surface area contributed by atoms with Crippen LogP contribution in [0.1, 0.15) is 13.3 Å². The lowest BCUT2D eigenvalue weighted by Crippen LogP contribution is -2.24. The van der Waals surface area contributed by atoms with Crippen molar-refractivity contribution in [3.63, 3.8) is 0 Å². The first-order valence-corrected chi connectivity index (χ1v) is 5.38. The summed E-state index contributed by atoms with van der Waals surface area (Å²) < 4.78 is 0. The number of carbonyl (C=O) groups is 1. The lowest BCUT2D eigenvalue weighted by molar-refractivity contribution is -0.115. The Bertz CT molecular complexity index is 256. The Kier molecular flexibility index (Phi) is 3.82. The summed E-state index contributed by atoms with van der Waals surface area (Å²) in [4.78, 5) is 18.1. The minimum absolute atomic E-state index is 0.0169. The lowest BCUT2D eigenvalue weighted by atomic mass is 10.3. The average Bonchev–Trinajstić information content (AvgIpc) is 2.59. The molecule has 0 aliphatic carbocycles. The van der Waals surface area contributed by atoms with Crippen LogP contribution >= 0.6 is 11.8 Å². The number of H-pyrrole nitrogens is 1. The maximum atomic E-state index is 11.5. The number of hydrogen-bond donors (Lipinski definition) is 2. The topological polar surface area (TPSA) is 57.8 Å². The zero-order chi connectivity index (χ0) is 9.68. The van der Waals surface area contributed by atoms with E-state index in [1.165, 1.54) is 6.33 Å². The predicted molar refractivity (Wildman–Crippen MR) is 54.8 cm³/mol. The number of aromatic nitrogens is 2. The van der Waals surface area contributed by atoms with Gasteiger partial charge >= 0.3 is 0 Å². The third-order valence-electron chi connectivity index (χ3n) is 1.70. The van der Waals surface area contributed by atoms with Gasteiger partial charge in [0, 0.05) is 0 Å². The van der Waals surface area contributed by atoms with Crippen LogP contribution < -0.4 is 5.32 Å². The van der Waals surface area contributed by atoms with Crippen molar-refractivity contribution in [1.29, 1.82) is 0 Å². The van der Waals surface area contributed by atoms with E-state index < -0.39 is 0 Å². The second-order valence-electron chi connectivity index (χ2n) is 2.59. The van der Waals surface area contributed by atoms with Crippen LogP contribution in [0.5, 0.6) is 0 Å². The maximum Gasteiger partial charge on any atom is 0.238 e. The van der Waals surface area contributed by atoms with Crippen molar-refractivity contribution >= 4 is 23.5 Å². The number of rotatable bonds is 4. The molecule has 13 heavy (non-hydrogen) atoms. The molecule has 0 bridgehead atoms. The Balaban J connectivity index is 2.49. The molecule has 4 nitrogen and oxygen atoms in total. The maximum absolute atomic E-state index is 11.5. The van der Waals surface area contributed by atoms with Crippen molar-refractivity contribution in [1.82, 2.24) is 9.97 Å². The molecule has 5 heteroatoms. The van der Waals surface area contributed by atoms with Crippen molar-refractivity contribution in [2.45, 2.75) is 18.6 Å². The first-order valence-electron chi connectivity index (χ1n) is 4.10. The molecule has 0 aromatic carbocycles. The van der Waals surface area contributed by atoms with Gasteiger partial charge in [-0.25, -0.2) is 4.98 Å². The number of nitrogens with one attached hydrogen (secondary N) is 2. The van der Waals surface area contributed by atoms with Crippen LogP contribution in [0.25, 0.3) is 0 Å². The third-order valence-corrected chi connectivity index (χ3v) is 2.82. The van der Waals surface area contributed by atoms with E-state index in [-0.39, 0.29) is 11.2 Å². The predicted octanol–water partition coefficient (Wildman–Crippen LogP) is 1.49. The largest absolute Gasteiger partial charge is 0.331 e. The van der Waals surface area contributed by atoms with Gasteiger partial charge in [-0.3, -0.25) is 4.79 Å². The minimum Gasteiger partial charge on any atom is -0.331 e. The first-order chi connectivity index (χ1) is 6.27. The Morgan fingerprint density at radius 3 is 3.08 bits per heavy atom. The molecule has 1 aromatic rings. The van der Waals surface area contributed by atoms with Crippen molar-refractivity contribution in [2.24, 2.45) is 0 Å². The molecule has 1 heterocycles. The molecule has 0 aliphatic rings. The standard InChI is InChI=1S/C8H13N3OS/c1-3-6(13-2)8(12)11-7-4-9-5-10-7/h4-6H,3H2,1-2H3,(H,9,10)(H,11,12). The highest BCUT2D eigenvalue weighted by Gasteiger charge is 2.14. The summed E-state index contributed by atoms with van der Waals surface area (Å²) in [6.45, 7) is 1.99. The molecule has 1 atom stereocenters. The molecule has 0 saturated carbocycles. The molecular weight excluding hydrogens is 186 g/mol. The third kappa shape index (κ3) is 2.77. The zero-order valence-corrected chi connectivity index (χ0v) is 8.52. The zero-order valence-electron chi connectivity index (χ0n) is 7.70. The molecule has 0 fully saturated rings. The Hall–Kier alpha value is -0.970. The van der Waals surface area contributed by atoms with Crippen LogP contribution in [0.15, 0.2) is 12.5 Å². The highest BCUT2D eigenvalue weighted by molar-refractivity contribution is 7.99. The average molecular weight is 199 g/mol. The molecule has 1 amide bonds. The summed E-state index contributed by atoms with van der Waals surface area (Å²) in [6, 6.07) is 0. The molecule has 0 aliphatic heterocycles. The summed E-state index contributed by atoms with van der Waals surface area (Å²) in [5.41, 5.74) is 0. The van der Waals surface area contributed by atoms with Gasteiger partial charge in [0.2, 0.25) is 5.91 Å². The Morgan fingerprint density at radius 2 is 2.62 bits per heavy atom. The monoisotopic (exact) mass is 199 g/mol. The fraction of sp³-hybridized carbons (Fsp3) is 0.500. The van der Waals surface area contributed by atoms with Crippen molar-refractivity contribution < 1.29 is 4.79 Å². The fourth-order valence-electron chi connectivity index (χ4n) is 0.997. The summed E-state index contributed by atoms with van der Waals surface area (Å²) in [5.74, 6) is 0.678. The van der Waals surface area contributed by atoms with Gasteiger partial charge in [-0.2, -0.15) is 11.8 Å². The number of nitrogens with zero attached hydrogens (tertiary/aromatic N) is 1. The number of amides is 1. The van der Waals surface area contributed by atoms with E-state index >= 15 is 0 Å². The number of imidazole rings is 1. The van der Waals surface area contributed by atoms with Gasteiger partial charge in [-0.1, -0.05) is 6.92 Å². The smallest absolute Gasteiger partial charge is 0.238 e. The molecule has 0 spiro atoms. The number of hydrogen-bond acceptors (Lipinski definition) is 3. The van der Waals surface area contributed by atoms with Gasteiger partial charge in [-0.15, -0.1) is 0 Å². The Labute approximate surface area is 81.5 Å². The van der Waals surface area contributed by atoms with E-state index in [1.54, 1.807) is 18.0 Å². The lowest BCUT2D eigenvalue weighted by Gasteiger charge is -2.10. The van der Waals surface area contributed by atoms with Gasteiger partial charge in [0.25, 0.3) is 0 Å². The molecule has 0 radical (unpaired) electrons. The van der Waals surface area contributed by atoms with E-state index in [9.17, 15) is 4.79 Å². The minimum atomic E-state index is 0.0169. The molecule has 1 aromatic heterocycles. The molecule has 2 N–H and O–H groups in total. The van der Waals surface area contributed by atoms with Crippen LogP contribution in [0.2, 0.25) is 0 Å². The van der Waals surface area contributed by atoms with Gasteiger partial charge in [0.15, 0.2) is 0 Å². The number of carbonyl (C=O) groups excluding carboxylic acids is 1. The van der Waals surface area contributed by atoms with Crippen LogP contribution in [-0.4, -0.2) is 27.4 Å². The normalized spacial score (nSPS) is 12.5. The summed E-state index contributed by atoms with van der Waals surface area (Å²) in [5, 5.41) is 2.76. The molecule has 1 unspecified atom stereocenters. The van der Waals surface area contributed by atoms with Gasteiger partial charge < -0.3 is 10.3 Å². The Morgan fingerprint density at radius 1 is 1.85 bits per heavy atom. The summed E-state index contributed by atoms with van der Waals surface area (Å²) >= 11 is 1.55. The quantitative estimate of drug-likeness (QED) is 0.772. The highest BCUT2D eigenvalue weighted by Crippen LogP contribution is 2.12. The summed E-state index contributed by atoms with van der Waals surface area (Å²) in [7, 11) is 0. The van der Waals surface area contributed by atoms with Gasteiger partial charge in [0.1, 0.15) is 5.82 Å². The molecule has 72 valence electrons. The van der Waals surface area contributed by atoms with Crippen molar-refractivity contribution in [3.8, 4) is 0 Å². The van der Waals surface area contributed by atoms with Crippen LogP contribution in [0.4, 0.5) is 5.82 Å². The van der Waals surface area contributed by atoms with E-state index in [2.05, 4.69) is 15.3 Å². The second kappa shape index (κ2) is 4.91. The highest BCUT2D eigenvalue weighted by atomic mass is 32.2. The van der Waals surface area contributed by atoms with E-state index in [4.69, 9.17) is 0 Å². The molecule has 1 rings (SSSR count). The van der Waals surface area contributed by atoms with E-state index in [1.807, 2.05) is 13.2 Å². The van der Waals surface area contributed by atoms with Crippen LogP contribution in [0.3, 0.4) is 0 Å². The first kappa shape index (κ1) is 10.1. The SMILES string of the molecule is CCC(SC)C(=O)Nc1cnc[nH]1. The molecular formula is C8H13N3OS. The van der Waals surface area contributed by atoms with Gasteiger partial charge in [0.05, 0.1) is 17.8 Å². The second-order valence-corrected chi connectivity index (χ2v) is 3.63. The fourth-order valence-corrected chi connectivity index (χ4v) is 1.60. The van der Waals surface area contributed by atoms with Crippen molar-refractivity contribution in [3.05, 3.63) is 12.5 Å². The van der Waals surface area contributed by atoms with Crippen LogP contribution in [-0.2, 0) is 4.79 Å². The van der Waals surface area contributed by atoms with Crippen LogP contribution in [0, 0.1) is 0 Å². The number of thioether (sulfide) groups is 1. The summed E-state index contributed by atoms with van der Waals surface area (Å²) in [6.07, 6.45) is 5.89. The van der Waals surface area contributed by atoms with E-state index in [0.717, 1.165) is 6.42 Å². The molecule has 0 saturated heterocycles.